The predicted octanol–water partition coefficient (Wildman–Crippen LogP) is 3.09. The van der Waals surface area contributed by atoms with Crippen molar-refractivity contribution in [2.75, 3.05) is 33.2 Å². The first kappa shape index (κ1) is 23.4. The van der Waals surface area contributed by atoms with Crippen LogP contribution >= 0.6 is 0 Å². The fourth-order valence-electron chi connectivity index (χ4n) is 3.09. The first-order valence-corrected chi connectivity index (χ1v) is 10.0. The van der Waals surface area contributed by atoms with Gasteiger partial charge in [-0.05, 0) is 57.2 Å². The van der Waals surface area contributed by atoms with E-state index in [4.69, 9.17) is 0 Å². The molecule has 0 bridgehead atoms. The molecule has 0 aliphatic rings. The summed E-state index contributed by atoms with van der Waals surface area (Å²) >= 11 is 0. The average Bonchev–Trinajstić information content (AvgIpc) is 2.73. The van der Waals surface area contributed by atoms with Crippen LogP contribution in [-0.2, 0) is 13.1 Å². The van der Waals surface area contributed by atoms with Gasteiger partial charge in [-0.25, -0.2) is 0 Å². The van der Waals surface area contributed by atoms with Crippen molar-refractivity contribution in [3.8, 4) is 0 Å². The van der Waals surface area contributed by atoms with E-state index >= 15 is 0 Å². The number of nitrogens with zero attached hydrogens (tertiary/aromatic N) is 3. The molecule has 9 heteroatoms. The van der Waals surface area contributed by atoms with E-state index in [1.165, 1.54) is 12.1 Å². The highest BCUT2D eigenvalue weighted by atomic mass is 16.6. The van der Waals surface area contributed by atoms with Crippen molar-refractivity contribution in [2.24, 2.45) is 0 Å². The number of hydrogen-bond acceptors (Lipinski definition) is 7. The van der Waals surface area contributed by atoms with Crippen LogP contribution < -0.4 is 10.6 Å². The highest BCUT2D eigenvalue weighted by Crippen LogP contribution is 2.13. The lowest BCUT2D eigenvalue weighted by atomic mass is 10.2. The van der Waals surface area contributed by atoms with Gasteiger partial charge in [0.2, 0.25) is 0 Å². The Kier molecular flexibility index (Phi) is 9.85. The van der Waals surface area contributed by atoms with Gasteiger partial charge < -0.3 is 15.5 Å². The molecule has 2 aromatic carbocycles. The summed E-state index contributed by atoms with van der Waals surface area (Å²) in [6, 6.07) is 13.4. The minimum Gasteiger partial charge on any atom is -0.313 e. The lowest BCUT2D eigenvalue weighted by molar-refractivity contribution is -0.385. The Morgan fingerprint density at radius 1 is 0.800 bits per heavy atom. The smallest absolute Gasteiger partial charge is 0.269 e. The van der Waals surface area contributed by atoms with E-state index in [2.05, 4.69) is 22.6 Å². The van der Waals surface area contributed by atoms with Gasteiger partial charge in [-0.2, -0.15) is 0 Å². The molecule has 2 N–H and O–H groups in total. The summed E-state index contributed by atoms with van der Waals surface area (Å²) in [6.07, 6.45) is 1.99. The quantitative estimate of drug-likeness (QED) is 0.277. The Hall–Kier alpha value is -2.88. The van der Waals surface area contributed by atoms with Crippen molar-refractivity contribution in [1.82, 2.24) is 15.5 Å². The van der Waals surface area contributed by atoms with E-state index in [0.717, 1.165) is 50.1 Å². The lowest BCUT2D eigenvalue weighted by Gasteiger charge is -2.16. The maximum Gasteiger partial charge on any atom is 0.269 e. The average molecular weight is 415 g/mol. The van der Waals surface area contributed by atoms with Gasteiger partial charge in [0.05, 0.1) is 9.85 Å². The molecule has 162 valence electrons. The van der Waals surface area contributed by atoms with Gasteiger partial charge in [0.15, 0.2) is 0 Å². The number of non-ortho nitro benzene ring substituents is 2. The summed E-state index contributed by atoms with van der Waals surface area (Å²) in [5, 5.41) is 28.2. The Labute approximate surface area is 176 Å². The second-order valence-electron chi connectivity index (χ2n) is 7.22. The molecule has 0 aliphatic heterocycles. The van der Waals surface area contributed by atoms with Crippen LogP contribution in [0.2, 0.25) is 0 Å². The van der Waals surface area contributed by atoms with Gasteiger partial charge in [0, 0.05) is 37.4 Å². The van der Waals surface area contributed by atoms with E-state index in [0.29, 0.717) is 13.1 Å². The van der Waals surface area contributed by atoms with Crippen LogP contribution in [0.3, 0.4) is 0 Å². The van der Waals surface area contributed by atoms with Gasteiger partial charge in [-0.3, -0.25) is 20.2 Å². The zero-order chi connectivity index (χ0) is 21.8. The molecule has 0 heterocycles. The third-order valence-electron chi connectivity index (χ3n) is 4.69. The van der Waals surface area contributed by atoms with E-state index in [9.17, 15) is 20.2 Å². The van der Waals surface area contributed by atoms with Crippen molar-refractivity contribution in [3.05, 3.63) is 79.9 Å². The molecule has 9 nitrogen and oxygen atoms in total. The molecule has 0 aliphatic carbocycles. The van der Waals surface area contributed by atoms with E-state index in [1.807, 2.05) is 12.1 Å². The Morgan fingerprint density at radius 3 is 1.63 bits per heavy atom. The second-order valence-corrected chi connectivity index (χ2v) is 7.22. The van der Waals surface area contributed by atoms with Crippen LogP contribution in [0.4, 0.5) is 11.4 Å². The molecular weight excluding hydrogens is 386 g/mol. The van der Waals surface area contributed by atoms with Gasteiger partial charge in [0.25, 0.3) is 11.4 Å². The summed E-state index contributed by atoms with van der Waals surface area (Å²) < 4.78 is 0. The first-order valence-electron chi connectivity index (χ1n) is 10.0. The molecule has 2 rings (SSSR count). The third kappa shape index (κ3) is 8.64. The van der Waals surface area contributed by atoms with Crippen LogP contribution in [-0.4, -0.2) is 48.0 Å². The molecule has 0 saturated carbocycles. The second kappa shape index (κ2) is 12.6. The molecule has 30 heavy (non-hydrogen) atoms. The molecule has 0 radical (unpaired) electrons. The highest BCUT2D eigenvalue weighted by Gasteiger charge is 2.06. The standard InChI is InChI=1S/C21H29N5O4/c1-24(12-4-10-22-16-18-6-2-8-20(14-18)25(27)28)13-5-11-23-17-19-7-3-9-21(15-19)26(29)30/h2-3,6-9,14-15,22-23H,4-5,10-13,16-17H2,1H3. The highest BCUT2D eigenvalue weighted by molar-refractivity contribution is 5.34. The molecule has 0 fully saturated rings. The normalized spacial score (nSPS) is 11.0. The van der Waals surface area contributed by atoms with Crippen LogP contribution in [0.25, 0.3) is 0 Å². The maximum atomic E-state index is 10.8. The maximum absolute atomic E-state index is 10.8. The van der Waals surface area contributed by atoms with Crippen molar-refractivity contribution in [1.29, 1.82) is 0 Å². The monoisotopic (exact) mass is 415 g/mol. The summed E-state index contributed by atoms with van der Waals surface area (Å²) in [5.41, 5.74) is 2.06. The number of nitro groups is 2. The fourth-order valence-corrected chi connectivity index (χ4v) is 3.09. The molecule has 0 saturated heterocycles. The summed E-state index contributed by atoms with van der Waals surface area (Å²) in [4.78, 5) is 23.1. The molecule has 0 unspecified atom stereocenters. The van der Waals surface area contributed by atoms with Crippen molar-refractivity contribution in [3.63, 3.8) is 0 Å². The summed E-state index contributed by atoms with van der Waals surface area (Å²) in [5.74, 6) is 0. The minimum absolute atomic E-state index is 0.119. The third-order valence-corrected chi connectivity index (χ3v) is 4.69. The summed E-state index contributed by atoms with van der Waals surface area (Å²) in [6.45, 7) is 4.86. The first-order chi connectivity index (χ1) is 14.5. The lowest BCUT2D eigenvalue weighted by Crippen LogP contribution is -2.27. The molecule has 0 aromatic heterocycles. The predicted molar refractivity (Wildman–Crippen MR) is 116 cm³/mol. The van der Waals surface area contributed by atoms with Gasteiger partial charge in [-0.15, -0.1) is 0 Å². The fraction of sp³-hybridized carbons (Fsp3) is 0.429. The number of benzene rings is 2. The van der Waals surface area contributed by atoms with Crippen molar-refractivity contribution in [2.45, 2.75) is 25.9 Å². The minimum atomic E-state index is -0.378. The van der Waals surface area contributed by atoms with Crippen molar-refractivity contribution >= 4 is 11.4 Å². The Balaban J connectivity index is 1.52. The van der Waals surface area contributed by atoms with Crippen LogP contribution in [0.1, 0.15) is 24.0 Å². The molecule has 0 atom stereocenters. The Morgan fingerprint density at radius 2 is 1.23 bits per heavy atom. The van der Waals surface area contributed by atoms with Gasteiger partial charge in [0.1, 0.15) is 0 Å². The molecule has 0 spiro atoms. The Bertz CT molecular complexity index is 763. The van der Waals surface area contributed by atoms with Gasteiger partial charge in [-0.1, -0.05) is 24.3 Å². The molecule has 0 amide bonds. The van der Waals surface area contributed by atoms with E-state index in [-0.39, 0.29) is 21.2 Å². The zero-order valence-electron chi connectivity index (χ0n) is 17.3. The van der Waals surface area contributed by atoms with Crippen LogP contribution in [0, 0.1) is 20.2 Å². The topological polar surface area (TPSA) is 114 Å². The van der Waals surface area contributed by atoms with Crippen molar-refractivity contribution < 1.29 is 9.85 Å². The molecular formula is C21H29N5O4. The SMILES string of the molecule is CN(CCCNCc1cccc([N+](=O)[O-])c1)CCCNCc1cccc([N+](=O)[O-])c1. The van der Waals surface area contributed by atoms with Crippen LogP contribution in [0.15, 0.2) is 48.5 Å². The largest absolute Gasteiger partial charge is 0.313 e. The van der Waals surface area contributed by atoms with E-state index in [1.54, 1.807) is 24.3 Å². The zero-order valence-corrected chi connectivity index (χ0v) is 17.3. The number of nitrogens with one attached hydrogen (secondary N) is 2. The van der Waals surface area contributed by atoms with E-state index < -0.39 is 0 Å². The number of hydrogen-bond donors (Lipinski definition) is 2. The van der Waals surface area contributed by atoms with Crippen LogP contribution in [0.5, 0.6) is 0 Å². The number of nitro benzene ring substituents is 2. The number of rotatable bonds is 14. The van der Waals surface area contributed by atoms with Gasteiger partial charge >= 0.3 is 0 Å². The summed E-state index contributed by atoms with van der Waals surface area (Å²) in [7, 11) is 2.08. The molecule has 2 aromatic rings.